The van der Waals surface area contributed by atoms with Crippen LogP contribution in [0.1, 0.15) is 28.2 Å². The number of benzene rings is 2. The molecule has 27 heavy (non-hydrogen) atoms. The number of likely N-dealkylation sites (tertiary alicyclic amines) is 1. The zero-order chi connectivity index (χ0) is 18.8. The van der Waals surface area contributed by atoms with Crippen molar-refractivity contribution in [2.45, 2.75) is 19.8 Å². The summed E-state index contributed by atoms with van der Waals surface area (Å²) >= 11 is 0. The molecule has 2 aromatic carbocycles. The van der Waals surface area contributed by atoms with Gasteiger partial charge in [-0.3, -0.25) is 4.79 Å². The first-order valence-corrected chi connectivity index (χ1v) is 9.03. The van der Waals surface area contributed by atoms with Crippen LogP contribution in [0.25, 0.3) is 11.5 Å². The van der Waals surface area contributed by atoms with Gasteiger partial charge in [0.05, 0.1) is 0 Å². The smallest absolute Gasteiger partial charge is 0.257 e. The fraction of sp³-hybridized carbons (Fsp3) is 0.286. The number of halogens is 1. The third-order valence-corrected chi connectivity index (χ3v) is 4.87. The highest BCUT2D eigenvalue weighted by Crippen LogP contribution is 2.24. The van der Waals surface area contributed by atoms with Gasteiger partial charge in [0, 0.05) is 30.6 Å². The minimum absolute atomic E-state index is 0.0707. The SMILES string of the molecule is Cc1cccc(C(=O)N2CCC(Cc3noc(-c4ccc(F)cc4)n3)C2)c1. The molecule has 1 fully saturated rings. The van der Waals surface area contributed by atoms with E-state index in [1.54, 1.807) is 12.1 Å². The van der Waals surface area contributed by atoms with Crippen LogP contribution in [0.15, 0.2) is 53.1 Å². The summed E-state index contributed by atoms with van der Waals surface area (Å²) in [6.07, 6.45) is 1.57. The van der Waals surface area contributed by atoms with E-state index in [-0.39, 0.29) is 11.7 Å². The third kappa shape index (κ3) is 3.89. The van der Waals surface area contributed by atoms with Crippen LogP contribution in [0.2, 0.25) is 0 Å². The van der Waals surface area contributed by atoms with Crippen molar-refractivity contribution >= 4 is 5.91 Å². The number of rotatable bonds is 4. The first kappa shape index (κ1) is 17.4. The van der Waals surface area contributed by atoms with E-state index >= 15 is 0 Å². The fourth-order valence-electron chi connectivity index (χ4n) is 3.45. The molecule has 1 aromatic heterocycles. The lowest BCUT2D eigenvalue weighted by Gasteiger charge is -2.16. The first-order chi connectivity index (χ1) is 13.1. The molecular formula is C21H20FN3O2. The van der Waals surface area contributed by atoms with Gasteiger partial charge >= 0.3 is 0 Å². The molecule has 138 valence electrons. The Bertz CT molecular complexity index is 952. The predicted octanol–water partition coefficient (Wildman–Crippen LogP) is 3.89. The molecule has 0 spiro atoms. The van der Waals surface area contributed by atoms with Gasteiger partial charge in [-0.05, 0) is 55.7 Å². The Morgan fingerprint density at radius 1 is 1.26 bits per heavy atom. The maximum Gasteiger partial charge on any atom is 0.257 e. The molecule has 1 atom stereocenters. The maximum atomic E-state index is 13.0. The largest absolute Gasteiger partial charge is 0.338 e. The Morgan fingerprint density at radius 3 is 2.85 bits per heavy atom. The standard InChI is InChI=1S/C21H20FN3O2/c1-14-3-2-4-17(11-14)21(26)25-10-9-15(13-25)12-19-23-20(27-24-19)16-5-7-18(22)8-6-16/h2-8,11,15H,9-10,12-13H2,1H3. The maximum absolute atomic E-state index is 13.0. The summed E-state index contributed by atoms with van der Waals surface area (Å²) in [4.78, 5) is 19.0. The molecule has 6 heteroatoms. The molecule has 0 radical (unpaired) electrons. The minimum atomic E-state index is -0.303. The van der Waals surface area contributed by atoms with Crippen molar-refractivity contribution in [1.82, 2.24) is 15.0 Å². The monoisotopic (exact) mass is 365 g/mol. The molecule has 0 bridgehead atoms. The average molecular weight is 365 g/mol. The van der Waals surface area contributed by atoms with Crippen molar-refractivity contribution in [2.75, 3.05) is 13.1 Å². The van der Waals surface area contributed by atoms with E-state index in [0.29, 0.717) is 36.2 Å². The van der Waals surface area contributed by atoms with Crippen molar-refractivity contribution in [3.63, 3.8) is 0 Å². The number of aromatic nitrogens is 2. The Morgan fingerprint density at radius 2 is 2.07 bits per heavy atom. The van der Waals surface area contributed by atoms with Crippen LogP contribution in [-0.4, -0.2) is 34.0 Å². The average Bonchev–Trinajstić information content (AvgIpc) is 3.32. The molecule has 3 aromatic rings. The van der Waals surface area contributed by atoms with Gasteiger partial charge in [0.15, 0.2) is 5.82 Å². The van der Waals surface area contributed by atoms with Gasteiger partial charge in [0.1, 0.15) is 5.82 Å². The van der Waals surface area contributed by atoms with Crippen LogP contribution < -0.4 is 0 Å². The van der Waals surface area contributed by atoms with Crippen molar-refractivity contribution in [1.29, 1.82) is 0 Å². The summed E-state index contributed by atoms with van der Waals surface area (Å²) in [5, 5.41) is 4.03. The van der Waals surface area contributed by atoms with Crippen LogP contribution in [0.5, 0.6) is 0 Å². The van der Waals surface area contributed by atoms with Crippen molar-refractivity contribution in [2.24, 2.45) is 5.92 Å². The molecule has 0 saturated carbocycles. The number of carbonyl (C=O) groups is 1. The van der Waals surface area contributed by atoms with Crippen molar-refractivity contribution in [3.8, 4) is 11.5 Å². The van der Waals surface area contributed by atoms with E-state index in [4.69, 9.17) is 4.52 Å². The van der Waals surface area contributed by atoms with Gasteiger partial charge in [-0.1, -0.05) is 22.9 Å². The zero-order valence-corrected chi connectivity index (χ0v) is 15.1. The lowest BCUT2D eigenvalue weighted by Crippen LogP contribution is -2.29. The van der Waals surface area contributed by atoms with Crippen LogP contribution in [0.3, 0.4) is 0 Å². The number of nitrogens with zero attached hydrogens (tertiary/aromatic N) is 3. The van der Waals surface area contributed by atoms with E-state index in [9.17, 15) is 9.18 Å². The summed E-state index contributed by atoms with van der Waals surface area (Å²) in [7, 11) is 0. The second kappa shape index (κ2) is 7.31. The van der Waals surface area contributed by atoms with E-state index < -0.39 is 0 Å². The Labute approximate surface area is 156 Å². The number of hydrogen-bond acceptors (Lipinski definition) is 4. The number of hydrogen-bond donors (Lipinski definition) is 0. The Hall–Kier alpha value is -3.02. The van der Waals surface area contributed by atoms with Crippen LogP contribution in [-0.2, 0) is 6.42 Å². The molecule has 4 rings (SSSR count). The Kier molecular flexibility index (Phi) is 4.71. The van der Waals surface area contributed by atoms with E-state index in [1.165, 1.54) is 12.1 Å². The molecule has 1 amide bonds. The molecule has 1 saturated heterocycles. The van der Waals surface area contributed by atoms with Gasteiger partial charge in [-0.2, -0.15) is 4.98 Å². The van der Waals surface area contributed by atoms with Gasteiger partial charge in [0.2, 0.25) is 0 Å². The summed E-state index contributed by atoms with van der Waals surface area (Å²) in [5.74, 6) is 1.07. The Balaban J connectivity index is 1.39. The summed E-state index contributed by atoms with van der Waals surface area (Å²) in [6, 6.07) is 13.6. The van der Waals surface area contributed by atoms with Crippen LogP contribution >= 0.6 is 0 Å². The normalized spacial score (nSPS) is 16.7. The van der Waals surface area contributed by atoms with E-state index in [1.807, 2.05) is 36.1 Å². The highest BCUT2D eigenvalue weighted by molar-refractivity contribution is 5.94. The van der Waals surface area contributed by atoms with E-state index in [2.05, 4.69) is 10.1 Å². The van der Waals surface area contributed by atoms with Crippen molar-refractivity contribution < 1.29 is 13.7 Å². The second-order valence-electron chi connectivity index (χ2n) is 7.00. The summed E-state index contributed by atoms with van der Waals surface area (Å²) in [5.41, 5.74) is 2.50. The van der Waals surface area contributed by atoms with Gasteiger partial charge in [-0.15, -0.1) is 0 Å². The lowest BCUT2D eigenvalue weighted by atomic mass is 10.0. The summed E-state index contributed by atoms with van der Waals surface area (Å²) < 4.78 is 18.3. The highest BCUT2D eigenvalue weighted by Gasteiger charge is 2.28. The quantitative estimate of drug-likeness (QED) is 0.704. The topological polar surface area (TPSA) is 59.2 Å². The summed E-state index contributed by atoms with van der Waals surface area (Å²) in [6.45, 7) is 3.41. The third-order valence-electron chi connectivity index (χ3n) is 4.87. The van der Waals surface area contributed by atoms with Gasteiger partial charge < -0.3 is 9.42 Å². The van der Waals surface area contributed by atoms with Crippen molar-refractivity contribution in [3.05, 3.63) is 71.3 Å². The molecule has 0 N–H and O–H groups in total. The molecule has 1 aliphatic heterocycles. The molecular weight excluding hydrogens is 345 g/mol. The number of aryl methyl sites for hydroxylation is 1. The second-order valence-corrected chi connectivity index (χ2v) is 7.00. The van der Waals surface area contributed by atoms with Gasteiger partial charge in [0.25, 0.3) is 11.8 Å². The zero-order valence-electron chi connectivity index (χ0n) is 15.1. The molecule has 1 aliphatic rings. The molecule has 2 heterocycles. The lowest BCUT2D eigenvalue weighted by molar-refractivity contribution is 0.0787. The predicted molar refractivity (Wildman–Crippen MR) is 98.6 cm³/mol. The van der Waals surface area contributed by atoms with Crippen LogP contribution in [0, 0.1) is 18.7 Å². The highest BCUT2D eigenvalue weighted by atomic mass is 19.1. The minimum Gasteiger partial charge on any atom is -0.338 e. The van der Waals surface area contributed by atoms with Crippen LogP contribution in [0.4, 0.5) is 4.39 Å². The molecule has 5 nitrogen and oxygen atoms in total. The van der Waals surface area contributed by atoms with Gasteiger partial charge in [-0.25, -0.2) is 4.39 Å². The number of carbonyl (C=O) groups excluding carboxylic acids is 1. The molecule has 1 unspecified atom stereocenters. The van der Waals surface area contributed by atoms with E-state index in [0.717, 1.165) is 24.1 Å². The fourth-order valence-corrected chi connectivity index (χ4v) is 3.45. The first-order valence-electron chi connectivity index (χ1n) is 9.03. The molecule has 0 aliphatic carbocycles. The number of amides is 1.